The molecule has 3 rings (SSSR count). The van der Waals surface area contributed by atoms with Crippen LogP contribution >= 0.6 is 0 Å². The molecule has 1 aliphatic heterocycles. The zero-order chi connectivity index (χ0) is 17.5. The zero-order valence-electron chi connectivity index (χ0n) is 14.7. The molecule has 1 aromatic heterocycles. The maximum absolute atomic E-state index is 5.85. The summed E-state index contributed by atoms with van der Waals surface area (Å²) in [6, 6.07) is 9.48. The Balaban J connectivity index is 1.45. The molecule has 2 aromatic rings. The Hall–Kier alpha value is -2.54. The zero-order valence-corrected chi connectivity index (χ0v) is 14.7. The van der Waals surface area contributed by atoms with Crippen molar-refractivity contribution < 1.29 is 14.2 Å². The third-order valence-electron chi connectivity index (χ3n) is 4.22. The highest BCUT2D eigenvalue weighted by Crippen LogP contribution is 2.25. The summed E-state index contributed by atoms with van der Waals surface area (Å²) < 4.78 is 16.3. The van der Waals surface area contributed by atoms with Crippen LogP contribution in [0.3, 0.4) is 0 Å². The van der Waals surface area contributed by atoms with Crippen molar-refractivity contribution in [3.05, 3.63) is 36.5 Å². The summed E-state index contributed by atoms with van der Waals surface area (Å²) in [4.78, 5) is 13.3. The van der Waals surface area contributed by atoms with Gasteiger partial charge >= 0.3 is 0 Å². The second-order valence-corrected chi connectivity index (χ2v) is 5.73. The average molecular weight is 344 g/mol. The number of ether oxygens (including phenoxy) is 3. The van der Waals surface area contributed by atoms with E-state index in [9.17, 15) is 0 Å². The normalized spacial score (nSPS) is 15.0. The first-order chi connectivity index (χ1) is 12.3. The molecule has 0 atom stereocenters. The van der Waals surface area contributed by atoms with Crippen molar-refractivity contribution in [3.63, 3.8) is 0 Å². The molecule has 7 nitrogen and oxygen atoms in total. The summed E-state index contributed by atoms with van der Waals surface area (Å²) in [5, 5.41) is 0. The molecule has 1 saturated heterocycles. The van der Waals surface area contributed by atoms with Gasteiger partial charge < -0.3 is 19.1 Å². The van der Waals surface area contributed by atoms with Crippen LogP contribution in [0.4, 0.5) is 5.95 Å². The van der Waals surface area contributed by atoms with Gasteiger partial charge in [-0.2, -0.15) is 4.98 Å². The number of benzene rings is 1. The molecule has 1 fully saturated rings. The molecule has 0 saturated carbocycles. The number of methoxy groups -OCH3 is 2. The first-order valence-corrected chi connectivity index (χ1v) is 8.40. The van der Waals surface area contributed by atoms with Crippen LogP contribution in [0, 0.1) is 0 Å². The van der Waals surface area contributed by atoms with E-state index in [-0.39, 0.29) is 0 Å². The fourth-order valence-corrected chi connectivity index (χ4v) is 2.79. The van der Waals surface area contributed by atoms with Gasteiger partial charge in [0.25, 0.3) is 0 Å². The Morgan fingerprint density at radius 1 is 0.960 bits per heavy atom. The van der Waals surface area contributed by atoms with E-state index in [2.05, 4.69) is 19.8 Å². The molecule has 2 heterocycles. The third-order valence-corrected chi connectivity index (χ3v) is 4.22. The standard InChI is InChI=1S/C18H24N4O3/c1-23-15-5-3-4-6-16(15)25-14-13-21-9-11-22(12-10-21)18-19-8-7-17(20-18)24-2/h3-8H,9-14H2,1-2H3. The molecule has 0 spiro atoms. The van der Waals surface area contributed by atoms with Crippen molar-refractivity contribution in [2.24, 2.45) is 0 Å². The predicted octanol–water partition coefficient (Wildman–Crippen LogP) is 1.69. The van der Waals surface area contributed by atoms with Crippen molar-refractivity contribution in [3.8, 4) is 17.4 Å². The fraction of sp³-hybridized carbons (Fsp3) is 0.444. The SMILES string of the molecule is COc1ccnc(N2CCN(CCOc3ccccc3OC)CC2)n1. The molecule has 7 heteroatoms. The molecular weight excluding hydrogens is 320 g/mol. The van der Waals surface area contributed by atoms with Crippen molar-refractivity contribution in [1.82, 2.24) is 14.9 Å². The second kappa shape index (κ2) is 8.53. The van der Waals surface area contributed by atoms with E-state index < -0.39 is 0 Å². The van der Waals surface area contributed by atoms with Gasteiger partial charge in [-0.1, -0.05) is 12.1 Å². The van der Waals surface area contributed by atoms with E-state index >= 15 is 0 Å². The number of aromatic nitrogens is 2. The summed E-state index contributed by atoms with van der Waals surface area (Å²) in [5.74, 6) is 2.87. The monoisotopic (exact) mass is 344 g/mol. The topological polar surface area (TPSA) is 60.0 Å². The lowest BCUT2D eigenvalue weighted by atomic mass is 10.3. The molecule has 1 aromatic carbocycles. The van der Waals surface area contributed by atoms with Crippen molar-refractivity contribution in [2.75, 3.05) is 58.5 Å². The van der Waals surface area contributed by atoms with Crippen LogP contribution in [-0.4, -0.2) is 68.4 Å². The van der Waals surface area contributed by atoms with Gasteiger partial charge in [0, 0.05) is 45.0 Å². The number of nitrogens with zero attached hydrogens (tertiary/aromatic N) is 4. The largest absolute Gasteiger partial charge is 0.493 e. The van der Waals surface area contributed by atoms with E-state index in [1.54, 1.807) is 26.5 Å². The van der Waals surface area contributed by atoms with Gasteiger partial charge in [-0.3, -0.25) is 4.90 Å². The van der Waals surface area contributed by atoms with Gasteiger partial charge in [-0.25, -0.2) is 4.98 Å². The van der Waals surface area contributed by atoms with E-state index in [1.165, 1.54) is 0 Å². The van der Waals surface area contributed by atoms with Crippen LogP contribution in [0.25, 0.3) is 0 Å². The molecule has 25 heavy (non-hydrogen) atoms. The minimum atomic E-state index is 0.595. The van der Waals surface area contributed by atoms with Gasteiger partial charge in [0.2, 0.25) is 11.8 Å². The maximum Gasteiger partial charge on any atom is 0.228 e. The molecule has 0 unspecified atom stereocenters. The minimum Gasteiger partial charge on any atom is -0.493 e. The van der Waals surface area contributed by atoms with Crippen LogP contribution in [0.15, 0.2) is 36.5 Å². The first kappa shape index (κ1) is 17.3. The Bertz CT molecular complexity index is 675. The Morgan fingerprint density at radius 3 is 2.44 bits per heavy atom. The number of para-hydroxylation sites is 2. The summed E-state index contributed by atoms with van der Waals surface area (Å²) in [6.07, 6.45) is 1.73. The van der Waals surface area contributed by atoms with Crippen LogP contribution < -0.4 is 19.1 Å². The third kappa shape index (κ3) is 4.51. The van der Waals surface area contributed by atoms with Crippen molar-refractivity contribution in [2.45, 2.75) is 0 Å². The number of rotatable bonds is 7. The van der Waals surface area contributed by atoms with E-state index in [0.717, 1.165) is 50.2 Å². The molecule has 134 valence electrons. The Labute approximate surface area is 148 Å². The van der Waals surface area contributed by atoms with Crippen LogP contribution in [-0.2, 0) is 0 Å². The van der Waals surface area contributed by atoms with Gasteiger partial charge in [-0.05, 0) is 12.1 Å². The van der Waals surface area contributed by atoms with Gasteiger partial charge in [0.15, 0.2) is 11.5 Å². The predicted molar refractivity (Wildman–Crippen MR) is 95.7 cm³/mol. The van der Waals surface area contributed by atoms with Gasteiger partial charge in [-0.15, -0.1) is 0 Å². The molecule has 0 amide bonds. The highest BCUT2D eigenvalue weighted by atomic mass is 16.5. The number of anilines is 1. The van der Waals surface area contributed by atoms with Crippen LogP contribution in [0.2, 0.25) is 0 Å². The maximum atomic E-state index is 5.85. The molecule has 0 radical (unpaired) electrons. The molecule has 0 N–H and O–H groups in total. The summed E-state index contributed by atoms with van der Waals surface area (Å²) in [7, 11) is 3.27. The highest BCUT2D eigenvalue weighted by molar-refractivity contribution is 5.39. The number of hydrogen-bond acceptors (Lipinski definition) is 7. The lowest BCUT2D eigenvalue weighted by molar-refractivity contribution is 0.196. The van der Waals surface area contributed by atoms with E-state index in [1.807, 2.05) is 24.3 Å². The minimum absolute atomic E-state index is 0.595. The molecule has 0 bridgehead atoms. The highest BCUT2D eigenvalue weighted by Gasteiger charge is 2.19. The molecule has 0 aliphatic carbocycles. The van der Waals surface area contributed by atoms with Crippen molar-refractivity contribution in [1.29, 1.82) is 0 Å². The smallest absolute Gasteiger partial charge is 0.228 e. The van der Waals surface area contributed by atoms with E-state index in [4.69, 9.17) is 14.2 Å². The summed E-state index contributed by atoms with van der Waals surface area (Å²) >= 11 is 0. The first-order valence-electron chi connectivity index (χ1n) is 8.40. The van der Waals surface area contributed by atoms with Gasteiger partial charge in [0.05, 0.1) is 14.2 Å². The van der Waals surface area contributed by atoms with Crippen molar-refractivity contribution >= 4 is 5.95 Å². The molecular formula is C18H24N4O3. The second-order valence-electron chi connectivity index (χ2n) is 5.73. The quantitative estimate of drug-likeness (QED) is 0.757. The van der Waals surface area contributed by atoms with Crippen LogP contribution in [0.5, 0.6) is 17.4 Å². The van der Waals surface area contributed by atoms with Crippen LogP contribution in [0.1, 0.15) is 0 Å². The number of hydrogen-bond donors (Lipinski definition) is 0. The van der Waals surface area contributed by atoms with E-state index in [0.29, 0.717) is 12.5 Å². The lowest BCUT2D eigenvalue weighted by Gasteiger charge is -2.34. The van der Waals surface area contributed by atoms with Gasteiger partial charge in [0.1, 0.15) is 6.61 Å². The summed E-state index contributed by atoms with van der Waals surface area (Å²) in [5.41, 5.74) is 0. The Morgan fingerprint density at radius 2 is 1.72 bits per heavy atom. The Kier molecular flexibility index (Phi) is 5.90. The number of piperazine rings is 1. The summed E-state index contributed by atoms with van der Waals surface area (Å²) in [6.45, 7) is 5.20. The average Bonchev–Trinajstić information content (AvgIpc) is 2.69. The fourth-order valence-electron chi connectivity index (χ4n) is 2.79. The lowest BCUT2D eigenvalue weighted by Crippen LogP contribution is -2.48. The molecule has 1 aliphatic rings.